The Hall–Kier alpha value is -4.06. The molecular weight excluding hydrogens is 522 g/mol. The molecule has 0 aliphatic carbocycles. The number of sulfonamides is 1. The number of rotatable bonds is 5. The predicted molar refractivity (Wildman–Crippen MR) is 148 cm³/mol. The van der Waals surface area contributed by atoms with E-state index >= 15 is 0 Å². The van der Waals surface area contributed by atoms with E-state index in [0.717, 1.165) is 0 Å². The van der Waals surface area contributed by atoms with Crippen molar-refractivity contribution in [3.05, 3.63) is 48.0 Å². The van der Waals surface area contributed by atoms with E-state index in [0.29, 0.717) is 54.2 Å². The quantitative estimate of drug-likeness (QED) is 0.508. The monoisotopic (exact) mass is 553 g/mol. The Morgan fingerprint density at radius 1 is 1.05 bits per heavy atom. The maximum Gasteiger partial charge on any atom is 0.410 e. The molecular formula is C27H31N5O6S. The van der Waals surface area contributed by atoms with Crippen LogP contribution >= 0.6 is 0 Å². The van der Waals surface area contributed by atoms with E-state index in [1.165, 1.54) is 18.1 Å². The Morgan fingerprint density at radius 2 is 1.74 bits per heavy atom. The molecule has 0 unspecified atom stereocenters. The number of nitrogens with one attached hydrogen (secondary N) is 1. The van der Waals surface area contributed by atoms with Crippen LogP contribution in [0.5, 0.6) is 5.75 Å². The van der Waals surface area contributed by atoms with E-state index < -0.39 is 15.6 Å². The number of nitrogens with zero attached hydrogens (tertiary/aromatic N) is 4. The number of carbonyl (C=O) groups excluding carboxylic acids is 2. The molecule has 39 heavy (non-hydrogen) atoms. The van der Waals surface area contributed by atoms with Gasteiger partial charge in [0.25, 0.3) is 15.9 Å². The number of pyridine rings is 1. The Morgan fingerprint density at radius 3 is 2.41 bits per heavy atom. The van der Waals surface area contributed by atoms with Crippen LogP contribution in [0.4, 0.5) is 22.0 Å². The summed E-state index contributed by atoms with van der Waals surface area (Å²) in [5, 5.41) is 0.582. The lowest BCUT2D eigenvalue weighted by molar-refractivity contribution is 0.0240. The lowest BCUT2D eigenvalue weighted by Crippen LogP contribution is -2.50. The van der Waals surface area contributed by atoms with Crippen LogP contribution in [-0.4, -0.2) is 76.2 Å². The van der Waals surface area contributed by atoms with E-state index in [1.807, 2.05) is 25.7 Å². The summed E-state index contributed by atoms with van der Waals surface area (Å²) in [7, 11) is -0.951. The molecule has 1 N–H and O–H groups in total. The number of para-hydroxylation sites is 1. The molecule has 3 heterocycles. The molecule has 206 valence electrons. The Balaban J connectivity index is 1.50. The zero-order valence-corrected chi connectivity index (χ0v) is 23.3. The minimum absolute atomic E-state index is 0.0116. The molecule has 2 amide bonds. The number of benzene rings is 2. The number of piperazine rings is 1. The van der Waals surface area contributed by atoms with Crippen LogP contribution < -0.4 is 19.3 Å². The molecule has 0 spiro atoms. The molecule has 1 aromatic heterocycles. The highest BCUT2D eigenvalue weighted by atomic mass is 32.2. The lowest BCUT2D eigenvalue weighted by Gasteiger charge is -2.36. The van der Waals surface area contributed by atoms with Gasteiger partial charge in [-0.25, -0.2) is 18.2 Å². The van der Waals surface area contributed by atoms with Crippen LogP contribution in [0.1, 0.15) is 31.1 Å². The summed E-state index contributed by atoms with van der Waals surface area (Å²) in [4.78, 5) is 35.6. The first-order valence-electron chi connectivity index (χ1n) is 12.5. The van der Waals surface area contributed by atoms with Crippen molar-refractivity contribution in [3.8, 4) is 5.75 Å². The maximum atomic E-state index is 13.4. The van der Waals surface area contributed by atoms with Crippen LogP contribution in [0.25, 0.3) is 10.9 Å². The molecule has 1 fully saturated rings. The first kappa shape index (κ1) is 26.5. The van der Waals surface area contributed by atoms with Gasteiger partial charge < -0.3 is 24.2 Å². The van der Waals surface area contributed by atoms with E-state index in [9.17, 15) is 18.0 Å². The minimum Gasteiger partial charge on any atom is -0.495 e. The third-order valence-electron chi connectivity index (χ3n) is 6.68. The fraction of sp³-hybridized carbons (Fsp3) is 0.370. The fourth-order valence-corrected chi connectivity index (χ4v) is 6.02. The average molecular weight is 554 g/mol. The second-order valence-electron chi connectivity index (χ2n) is 10.5. The molecule has 0 atom stereocenters. The summed E-state index contributed by atoms with van der Waals surface area (Å²) < 4.78 is 40.1. The van der Waals surface area contributed by atoms with Gasteiger partial charge >= 0.3 is 6.09 Å². The lowest BCUT2D eigenvalue weighted by atomic mass is 10.1. The third-order valence-corrected chi connectivity index (χ3v) is 8.08. The molecule has 11 nitrogen and oxygen atoms in total. The maximum absolute atomic E-state index is 13.4. The van der Waals surface area contributed by atoms with Crippen molar-refractivity contribution in [2.45, 2.75) is 31.3 Å². The molecule has 3 aromatic rings. The summed E-state index contributed by atoms with van der Waals surface area (Å²) >= 11 is 0. The van der Waals surface area contributed by atoms with E-state index in [2.05, 4.69) is 4.72 Å². The largest absolute Gasteiger partial charge is 0.495 e. The van der Waals surface area contributed by atoms with Crippen molar-refractivity contribution in [1.29, 1.82) is 0 Å². The second-order valence-corrected chi connectivity index (χ2v) is 12.1. The highest BCUT2D eigenvalue weighted by Crippen LogP contribution is 2.41. The van der Waals surface area contributed by atoms with Gasteiger partial charge in [0.15, 0.2) is 0 Å². The third kappa shape index (κ3) is 4.91. The van der Waals surface area contributed by atoms with Gasteiger partial charge in [-0.15, -0.1) is 0 Å². The number of anilines is 3. The van der Waals surface area contributed by atoms with Gasteiger partial charge in [-0.3, -0.25) is 9.52 Å². The number of ether oxygens (including phenoxy) is 2. The van der Waals surface area contributed by atoms with Gasteiger partial charge in [0.05, 0.1) is 29.6 Å². The van der Waals surface area contributed by atoms with Crippen LogP contribution in [-0.2, 0) is 14.8 Å². The fourth-order valence-electron chi connectivity index (χ4n) is 4.78. The minimum atomic E-state index is -4.03. The van der Waals surface area contributed by atoms with Crippen molar-refractivity contribution in [2.24, 2.45) is 0 Å². The normalized spacial score (nSPS) is 15.6. The summed E-state index contributed by atoms with van der Waals surface area (Å²) in [5.41, 5.74) is 1.12. The van der Waals surface area contributed by atoms with Crippen molar-refractivity contribution >= 4 is 50.1 Å². The highest BCUT2D eigenvalue weighted by Gasteiger charge is 2.33. The molecule has 2 aromatic carbocycles. The molecule has 2 aliphatic heterocycles. The second kappa shape index (κ2) is 9.60. The first-order chi connectivity index (χ1) is 18.4. The molecule has 5 rings (SSSR count). The average Bonchev–Trinajstić information content (AvgIpc) is 3.14. The number of aromatic nitrogens is 1. The number of carbonyl (C=O) groups is 2. The van der Waals surface area contributed by atoms with Crippen molar-refractivity contribution in [1.82, 2.24) is 9.88 Å². The molecule has 0 radical (unpaired) electrons. The van der Waals surface area contributed by atoms with Crippen LogP contribution in [0.2, 0.25) is 0 Å². The summed E-state index contributed by atoms with van der Waals surface area (Å²) in [5.74, 6) is 0.540. The molecule has 0 saturated carbocycles. The Bertz CT molecular complexity index is 1580. The molecule has 2 aliphatic rings. The zero-order chi connectivity index (χ0) is 28.1. The van der Waals surface area contributed by atoms with Gasteiger partial charge in [0.2, 0.25) is 0 Å². The van der Waals surface area contributed by atoms with E-state index in [4.69, 9.17) is 14.5 Å². The predicted octanol–water partition coefficient (Wildman–Crippen LogP) is 3.69. The first-order valence-corrected chi connectivity index (χ1v) is 14.0. The molecule has 1 saturated heterocycles. The van der Waals surface area contributed by atoms with Crippen LogP contribution in [0.3, 0.4) is 0 Å². The standard InChI is InChI=1S/C27H31N5O6S/c1-27(2,3)38-26(34)32-14-12-31(13-15-32)22-16-17-23-19(30(4)25(17)33)11-10-18(24(23)28-22)29-39(35,36)21-9-7-6-8-20(21)37-5/h6-11,16,29H,12-15H2,1-5H3. The van der Waals surface area contributed by atoms with E-state index in [-0.39, 0.29) is 28.3 Å². The SMILES string of the molecule is COc1ccccc1S(=O)(=O)Nc1ccc2c3c(cc(N4CCN(C(=O)OC(C)(C)C)CC4)nc13)C(=O)N2C. The van der Waals surface area contributed by atoms with Gasteiger partial charge in [0.1, 0.15) is 22.1 Å². The number of hydrogen-bond donors (Lipinski definition) is 1. The molecule has 12 heteroatoms. The van der Waals surface area contributed by atoms with Crippen LogP contribution in [0.15, 0.2) is 47.4 Å². The number of amides is 2. The van der Waals surface area contributed by atoms with Gasteiger partial charge in [-0.05, 0) is 51.1 Å². The summed E-state index contributed by atoms with van der Waals surface area (Å²) in [6.45, 7) is 7.27. The van der Waals surface area contributed by atoms with Gasteiger partial charge in [0, 0.05) is 38.6 Å². The Kier molecular flexibility index (Phi) is 6.53. The Labute approximate surface area is 227 Å². The van der Waals surface area contributed by atoms with Crippen LogP contribution in [0, 0.1) is 0 Å². The smallest absolute Gasteiger partial charge is 0.410 e. The zero-order valence-electron chi connectivity index (χ0n) is 22.5. The topological polar surface area (TPSA) is 121 Å². The summed E-state index contributed by atoms with van der Waals surface area (Å²) in [6.07, 6.45) is -0.373. The highest BCUT2D eigenvalue weighted by molar-refractivity contribution is 7.92. The number of hydrogen-bond acceptors (Lipinski definition) is 8. The van der Waals surface area contributed by atoms with Crippen molar-refractivity contribution in [2.75, 3.05) is 54.9 Å². The molecule has 0 bridgehead atoms. The van der Waals surface area contributed by atoms with Crippen molar-refractivity contribution in [3.63, 3.8) is 0 Å². The van der Waals surface area contributed by atoms with Gasteiger partial charge in [-0.2, -0.15) is 0 Å². The van der Waals surface area contributed by atoms with Crippen molar-refractivity contribution < 1.29 is 27.5 Å². The number of methoxy groups -OCH3 is 1. The van der Waals surface area contributed by atoms with E-state index in [1.54, 1.807) is 48.3 Å². The van der Waals surface area contributed by atoms with Gasteiger partial charge in [-0.1, -0.05) is 12.1 Å². The summed E-state index contributed by atoms with van der Waals surface area (Å²) in [6, 6.07) is 11.4.